The fraction of sp³-hybridized carbons (Fsp3) is 0.367. The van der Waals surface area contributed by atoms with E-state index in [0.29, 0.717) is 36.9 Å². The van der Waals surface area contributed by atoms with Gasteiger partial charge in [0.05, 0.1) is 14.2 Å². The van der Waals surface area contributed by atoms with Gasteiger partial charge in [-0.25, -0.2) is 0 Å². The van der Waals surface area contributed by atoms with Gasteiger partial charge in [-0.3, -0.25) is 4.79 Å². The van der Waals surface area contributed by atoms with Crippen LogP contribution in [0.4, 0.5) is 0 Å². The summed E-state index contributed by atoms with van der Waals surface area (Å²) in [6.07, 6.45) is 1.30. The Morgan fingerprint density at radius 3 is 2.31 bits per heavy atom. The summed E-state index contributed by atoms with van der Waals surface area (Å²) in [5.41, 5.74) is 4.76. The van der Waals surface area contributed by atoms with Crippen molar-refractivity contribution in [3.05, 3.63) is 71.8 Å². The number of carbonyl (C=O) groups is 1. The second-order valence-electron chi connectivity index (χ2n) is 9.47. The molecule has 0 fully saturated rings. The first kappa shape index (κ1) is 24.6. The van der Waals surface area contributed by atoms with E-state index < -0.39 is 0 Å². The molecular formula is C30H36N2O3. The minimum atomic E-state index is 0.191. The number of aryl methyl sites for hydroxylation is 1. The number of fused-ring (bicyclic) bond motifs is 3. The summed E-state index contributed by atoms with van der Waals surface area (Å²) in [7, 11) is 3.28. The Morgan fingerprint density at radius 2 is 1.60 bits per heavy atom. The van der Waals surface area contributed by atoms with Gasteiger partial charge in [-0.05, 0) is 60.7 Å². The molecule has 0 saturated carbocycles. The van der Waals surface area contributed by atoms with Crippen LogP contribution in [-0.2, 0) is 24.3 Å². The van der Waals surface area contributed by atoms with Gasteiger partial charge in [-0.2, -0.15) is 0 Å². The first-order valence-corrected chi connectivity index (χ1v) is 12.4. The largest absolute Gasteiger partial charge is 0.493 e. The summed E-state index contributed by atoms with van der Waals surface area (Å²) < 4.78 is 13.2. The zero-order valence-electron chi connectivity index (χ0n) is 21.5. The van der Waals surface area contributed by atoms with Gasteiger partial charge in [0.15, 0.2) is 11.5 Å². The Morgan fingerprint density at radius 1 is 0.886 bits per heavy atom. The Bertz CT molecular complexity index is 1320. The second-order valence-corrected chi connectivity index (χ2v) is 9.47. The van der Waals surface area contributed by atoms with E-state index in [9.17, 15) is 4.79 Å². The molecule has 0 saturated heterocycles. The van der Waals surface area contributed by atoms with Crippen molar-refractivity contribution in [1.29, 1.82) is 0 Å². The van der Waals surface area contributed by atoms with Crippen molar-refractivity contribution in [2.75, 3.05) is 20.8 Å². The van der Waals surface area contributed by atoms with Crippen molar-refractivity contribution in [3.8, 4) is 11.5 Å². The third-order valence-corrected chi connectivity index (χ3v) is 6.58. The van der Waals surface area contributed by atoms with Crippen LogP contribution in [0.5, 0.6) is 11.5 Å². The molecule has 0 atom stereocenters. The molecule has 0 aliphatic carbocycles. The molecule has 0 N–H and O–H groups in total. The van der Waals surface area contributed by atoms with Gasteiger partial charge in [0.1, 0.15) is 0 Å². The van der Waals surface area contributed by atoms with Crippen LogP contribution in [-0.4, -0.2) is 36.1 Å². The maximum atomic E-state index is 13.2. The number of methoxy groups -OCH3 is 2. The van der Waals surface area contributed by atoms with E-state index in [1.807, 2.05) is 23.1 Å². The molecule has 0 bridgehead atoms. The van der Waals surface area contributed by atoms with Crippen molar-refractivity contribution in [2.45, 2.75) is 46.7 Å². The summed E-state index contributed by atoms with van der Waals surface area (Å²) in [6.45, 7) is 8.54. The molecule has 5 heteroatoms. The van der Waals surface area contributed by atoms with Crippen molar-refractivity contribution in [3.63, 3.8) is 0 Å². The molecule has 0 unspecified atom stereocenters. The third-order valence-electron chi connectivity index (χ3n) is 6.58. The van der Waals surface area contributed by atoms with E-state index in [1.165, 1.54) is 21.8 Å². The van der Waals surface area contributed by atoms with Crippen molar-refractivity contribution in [2.24, 2.45) is 5.92 Å². The summed E-state index contributed by atoms with van der Waals surface area (Å²) >= 11 is 0. The zero-order chi connectivity index (χ0) is 24.9. The fourth-order valence-corrected chi connectivity index (χ4v) is 4.83. The van der Waals surface area contributed by atoms with E-state index in [-0.39, 0.29) is 5.91 Å². The molecule has 4 rings (SSSR count). The van der Waals surface area contributed by atoms with E-state index >= 15 is 0 Å². The van der Waals surface area contributed by atoms with Crippen LogP contribution in [0.15, 0.2) is 60.7 Å². The number of rotatable bonds is 10. The monoisotopic (exact) mass is 472 g/mol. The maximum Gasteiger partial charge on any atom is 0.223 e. The molecular weight excluding hydrogens is 436 g/mol. The Kier molecular flexibility index (Phi) is 7.64. The van der Waals surface area contributed by atoms with Crippen molar-refractivity contribution in [1.82, 2.24) is 9.47 Å². The number of hydrogen-bond acceptors (Lipinski definition) is 3. The summed E-state index contributed by atoms with van der Waals surface area (Å²) in [5, 5.41) is 2.51. The first-order chi connectivity index (χ1) is 16.9. The van der Waals surface area contributed by atoms with Gasteiger partial charge < -0.3 is 18.9 Å². The highest BCUT2D eigenvalue weighted by atomic mass is 16.5. The first-order valence-electron chi connectivity index (χ1n) is 12.4. The number of para-hydroxylation sites is 1. The van der Waals surface area contributed by atoms with Crippen LogP contribution < -0.4 is 9.47 Å². The lowest BCUT2D eigenvalue weighted by Gasteiger charge is -2.24. The van der Waals surface area contributed by atoms with Crippen molar-refractivity contribution < 1.29 is 14.3 Å². The zero-order valence-corrected chi connectivity index (χ0v) is 21.5. The average molecular weight is 473 g/mol. The Balaban J connectivity index is 1.61. The predicted octanol–water partition coefficient (Wildman–Crippen LogP) is 6.45. The van der Waals surface area contributed by atoms with Gasteiger partial charge in [0.2, 0.25) is 5.91 Å². The van der Waals surface area contributed by atoms with Gasteiger partial charge >= 0.3 is 0 Å². The quantitative estimate of drug-likeness (QED) is 0.266. The number of ether oxygens (including phenoxy) is 2. The van der Waals surface area contributed by atoms with E-state index in [4.69, 9.17) is 9.47 Å². The standard InChI is InChI=1S/C30H36N2O3/c1-6-32-26-10-8-7-9-24(26)25-18-23(11-13-27(25)32)20-31(30(33)17-21(2)3)16-15-22-12-14-28(34-4)29(19-22)35-5/h7-14,18-19,21H,6,15-17,20H2,1-5H3. The molecule has 0 aliphatic rings. The highest BCUT2D eigenvalue weighted by Gasteiger charge is 2.17. The number of hydrogen-bond donors (Lipinski definition) is 0. The lowest BCUT2D eigenvalue weighted by atomic mass is 10.1. The predicted molar refractivity (Wildman–Crippen MR) is 143 cm³/mol. The molecule has 3 aromatic carbocycles. The smallest absolute Gasteiger partial charge is 0.223 e. The molecule has 0 spiro atoms. The van der Waals surface area contributed by atoms with E-state index in [0.717, 1.165) is 24.1 Å². The minimum absolute atomic E-state index is 0.191. The molecule has 1 amide bonds. The molecule has 4 aromatic rings. The highest BCUT2D eigenvalue weighted by molar-refractivity contribution is 6.08. The van der Waals surface area contributed by atoms with Crippen molar-refractivity contribution >= 4 is 27.7 Å². The molecule has 0 aliphatic heterocycles. The number of nitrogens with zero attached hydrogens (tertiary/aromatic N) is 2. The molecule has 184 valence electrons. The molecule has 0 radical (unpaired) electrons. The maximum absolute atomic E-state index is 13.2. The number of aromatic nitrogens is 1. The lowest BCUT2D eigenvalue weighted by Crippen LogP contribution is -2.33. The lowest BCUT2D eigenvalue weighted by molar-refractivity contribution is -0.132. The van der Waals surface area contributed by atoms with Crippen LogP contribution in [0.2, 0.25) is 0 Å². The summed E-state index contributed by atoms with van der Waals surface area (Å²) in [5.74, 6) is 1.93. The van der Waals surface area contributed by atoms with E-state index in [2.05, 4.69) is 67.8 Å². The normalized spacial score (nSPS) is 11.4. The second kappa shape index (κ2) is 10.9. The number of benzene rings is 3. The number of amides is 1. The van der Waals surface area contributed by atoms with Crippen LogP contribution >= 0.6 is 0 Å². The van der Waals surface area contributed by atoms with Gasteiger partial charge in [0, 0.05) is 47.9 Å². The SMILES string of the molecule is CCn1c2ccccc2c2cc(CN(CCc3ccc(OC)c(OC)c3)C(=O)CC(C)C)ccc21. The fourth-order valence-electron chi connectivity index (χ4n) is 4.83. The van der Waals surface area contributed by atoms with Crippen LogP contribution in [0.25, 0.3) is 21.8 Å². The molecule has 1 heterocycles. The third kappa shape index (κ3) is 5.29. The summed E-state index contributed by atoms with van der Waals surface area (Å²) in [4.78, 5) is 15.2. The van der Waals surface area contributed by atoms with Gasteiger partial charge in [-0.15, -0.1) is 0 Å². The highest BCUT2D eigenvalue weighted by Crippen LogP contribution is 2.31. The van der Waals surface area contributed by atoms with Gasteiger partial charge in [-0.1, -0.05) is 44.2 Å². The van der Waals surface area contributed by atoms with Crippen LogP contribution in [0.3, 0.4) is 0 Å². The van der Waals surface area contributed by atoms with Crippen LogP contribution in [0, 0.1) is 5.92 Å². The summed E-state index contributed by atoms with van der Waals surface area (Å²) in [6, 6.07) is 21.1. The molecule has 1 aromatic heterocycles. The Hall–Kier alpha value is -3.47. The minimum Gasteiger partial charge on any atom is -0.493 e. The van der Waals surface area contributed by atoms with E-state index in [1.54, 1.807) is 14.2 Å². The molecule has 35 heavy (non-hydrogen) atoms. The average Bonchev–Trinajstić information content (AvgIpc) is 3.18. The Labute approximate surface area is 208 Å². The number of carbonyl (C=O) groups excluding carboxylic acids is 1. The molecule has 5 nitrogen and oxygen atoms in total. The van der Waals surface area contributed by atoms with Crippen LogP contribution in [0.1, 0.15) is 38.3 Å². The topological polar surface area (TPSA) is 43.7 Å². The van der Waals surface area contributed by atoms with Gasteiger partial charge in [0.25, 0.3) is 0 Å².